The van der Waals surface area contributed by atoms with Crippen molar-refractivity contribution in [3.05, 3.63) is 30.0 Å². The molecule has 2 unspecified atom stereocenters. The molecule has 25 heavy (non-hydrogen) atoms. The maximum Gasteiger partial charge on any atom is 0.373 e. The van der Waals surface area contributed by atoms with E-state index in [1.165, 1.54) is 12.8 Å². The van der Waals surface area contributed by atoms with Gasteiger partial charge in [0.05, 0.1) is 23.6 Å². The predicted molar refractivity (Wildman–Crippen MR) is 94.1 cm³/mol. The topological polar surface area (TPSA) is 91.5 Å². The fourth-order valence-electron chi connectivity index (χ4n) is 3.36. The molecule has 2 N–H and O–H groups in total. The van der Waals surface area contributed by atoms with Crippen molar-refractivity contribution in [1.29, 1.82) is 0 Å². The highest BCUT2D eigenvalue weighted by molar-refractivity contribution is 5.95. The molecule has 2 atom stereocenters. The lowest BCUT2D eigenvalue weighted by Gasteiger charge is -2.28. The van der Waals surface area contributed by atoms with E-state index in [-0.39, 0.29) is 6.15 Å². The summed E-state index contributed by atoms with van der Waals surface area (Å²) in [6.45, 7) is 2.67. The molecule has 1 saturated carbocycles. The number of carbonyl (C=O) groups excluding carboxylic acids is 2. The second-order valence-corrected chi connectivity index (χ2v) is 6.29. The van der Waals surface area contributed by atoms with Gasteiger partial charge in [0.2, 0.25) is 0 Å². The maximum absolute atomic E-state index is 8.12. The first-order chi connectivity index (χ1) is 12.1. The van der Waals surface area contributed by atoms with Gasteiger partial charge >= 0.3 is 6.15 Å². The number of hydrogen-bond donors (Lipinski definition) is 1. The zero-order valence-electron chi connectivity index (χ0n) is 14.7. The van der Waals surface area contributed by atoms with Crippen LogP contribution < -0.4 is 10.5 Å². The van der Waals surface area contributed by atoms with Gasteiger partial charge in [-0.05, 0) is 50.3 Å². The molecule has 0 radical (unpaired) electrons. The Morgan fingerprint density at radius 1 is 1.32 bits per heavy atom. The minimum atomic E-state index is 0.250. The maximum atomic E-state index is 8.12. The van der Waals surface area contributed by atoms with Gasteiger partial charge in [0.15, 0.2) is 0 Å². The Bertz CT molecular complexity index is 742. The van der Waals surface area contributed by atoms with Gasteiger partial charge in [-0.15, -0.1) is 0 Å². The summed E-state index contributed by atoms with van der Waals surface area (Å²) in [6.07, 6.45) is 5.29. The lowest BCUT2D eigenvalue weighted by molar-refractivity contribution is -0.191. The second-order valence-electron chi connectivity index (χ2n) is 6.29. The third kappa shape index (κ3) is 5.02. The van der Waals surface area contributed by atoms with Crippen LogP contribution in [0.2, 0.25) is 0 Å². The van der Waals surface area contributed by atoms with Crippen LogP contribution in [-0.2, 0) is 14.3 Å². The van der Waals surface area contributed by atoms with Crippen molar-refractivity contribution < 1.29 is 19.1 Å². The summed E-state index contributed by atoms with van der Waals surface area (Å²) in [7, 11) is 1.80. The largest absolute Gasteiger partial charge is 0.493 e. The van der Waals surface area contributed by atoms with Crippen molar-refractivity contribution in [2.24, 2.45) is 5.92 Å². The summed E-state index contributed by atoms with van der Waals surface area (Å²) in [5.41, 5.74) is 8.73. The molecular weight excluding hydrogens is 320 g/mol. The molecule has 6 nitrogen and oxygen atoms in total. The van der Waals surface area contributed by atoms with Crippen LogP contribution in [0.4, 0.5) is 5.69 Å². The summed E-state index contributed by atoms with van der Waals surface area (Å²) >= 11 is 0. The first kappa shape index (κ1) is 18.9. The van der Waals surface area contributed by atoms with Crippen LogP contribution in [0.25, 0.3) is 10.9 Å². The zero-order chi connectivity index (χ0) is 18.2. The van der Waals surface area contributed by atoms with Crippen molar-refractivity contribution in [2.45, 2.75) is 38.7 Å². The molecule has 0 aliphatic heterocycles. The van der Waals surface area contributed by atoms with E-state index in [1.54, 1.807) is 7.11 Å². The predicted octanol–water partition coefficient (Wildman–Crippen LogP) is 3.13. The minimum Gasteiger partial charge on any atom is -0.493 e. The van der Waals surface area contributed by atoms with E-state index in [4.69, 9.17) is 24.8 Å². The molecule has 3 rings (SSSR count). The number of aromatic nitrogens is 1. The summed E-state index contributed by atoms with van der Waals surface area (Å²) in [4.78, 5) is 20.8. The monoisotopic (exact) mass is 344 g/mol. The average molecular weight is 344 g/mol. The summed E-state index contributed by atoms with van der Waals surface area (Å²) in [6, 6.07) is 7.83. The number of anilines is 1. The Balaban J connectivity index is 0.000000701. The molecule has 6 heteroatoms. The molecule has 0 amide bonds. The van der Waals surface area contributed by atoms with Crippen LogP contribution in [0.3, 0.4) is 0 Å². The summed E-state index contributed by atoms with van der Waals surface area (Å²) < 4.78 is 11.6. The lowest BCUT2D eigenvalue weighted by atomic mass is 9.88. The van der Waals surface area contributed by atoms with Gasteiger partial charge in [-0.1, -0.05) is 12.5 Å². The number of hydrogen-bond acceptors (Lipinski definition) is 6. The smallest absolute Gasteiger partial charge is 0.373 e. The molecule has 0 spiro atoms. The van der Waals surface area contributed by atoms with E-state index in [2.05, 4.69) is 4.98 Å². The number of pyridine rings is 1. The Labute approximate surface area is 147 Å². The number of fused-ring (bicyclic) bond motifs is 1. The molecule has 134 valence electrons. The van der Waals surface area contributed by atoms with Gasteiger partial charge in [-0.3, -0.25) is 4.98 Å². The van der Waals surface area contributed by atoms with Crippen LogP contribution in [0.5, 0.6) is 5.75 Å². The van der Waals surface area contributed by atoms with E-state index >= 15 is 0 Å². The van der Waals surface area contributed by atoms with E-state index in [0.29, 0.717) is 18.6 Å². The third-order valence-corrected chi connectivity index (χ3v) is 4.50. The average Bonchev–Trinajstić information content (AvgIpc) is 2.60. The summed E-state index contributed by atoms with van der Waals surface area (Å²) in [5.74, 6) is 1.38. The van der Waals surface area contributed by atoms with Gasteiger partial charge in [-0.2, -0.15) is 9.59 Å². The number of benzene rings is 1. The number of nitrogens with zero attached hydrogens (tertiary/aromatic N) is 1. The van der Waals surface area contributed by atoms with Crippen LogP contribution in [0.1, 0.15) is 31.4 Å². The zero-order valence-corrected chi connectivity index (χ0v) is 14.7. The number of methoxy groups -OCH3 is 1. The van der Waals surface area contributed by atoms with Crippen molar-refractivity contribution in [3.63, 3.8) is 0 Å². The molecule has 1 aliphatic carbocycles. The molecule has 0 saturated heterocycles. The van der Waals surface area contributed by atoms with E-state index in [1.807, 2.05) is 31.2 Å². The number of ether oxygens (including phenoxy) is 2. The fourth-order valence-corrected chi connectivity index (χ4v) is 3.36. The van der Waals surface area contributed by atoms with Gasteiger partial charge in [0.25, 0.3) is 0 Å². The van der Waals surface area contributed by atoms with Crippen molar-refractivity contribution >= 4 is 22.7 Å². The van der Waals surface area contributed by atoms with Crippen LogP contribution in [-0.4, -0.2) is 31.0 Å². The first-order valence-electron chi connectivity index (χ1n) is 8.39. The van der Waals surface area contributed by atoms with E-state index in [0.717, 1.165) is 40.9 Å². The highest BCUT2D eigenvalue weighted by Crippen LogP contribution is 2.32. The molecule has 1 aromatic carbocycles. The van der Waals surface area contributed by atoms with Gasteiger partial charge < -0.3 is 15.2 Å². The van der Waals surface area contributed by atoms with Crippen LogP contribution in [0.15, 0.2) is 24.3 Å². The number of nitrogen functional groups attached to an aromatic ring is 1. The first-order valence-corrected chi connectivity index (χ1v) is 8.39. The van der Waals surface area contributed by atoms with Gasteiger partial charge in [0, 0.05) is 18.5 Å². The van der Waals surface area contributed by atoms with Gasteiger partial charge in [-0.25, -0.2) is 0 Å². The van der Waals surface area contributed by atoms with Crippen molar-refractivity contribution in [1.82, 2.24) is 4.98 Å². The van der Waals surface area contributed by atoms with Crippen LogP contribution in [0, 0.1) is 12.8 Å². The second kappa shape index (κ2) is 9.16. The standard InChI is InChI=1S/C18H24N2O2.CO2/c1-12-9-15(19)18-16(20-12)7-4-8-17(18)22-11-13-5-3-6-14(10-13)21-2;2-1-3/h4,7-9,13-14H,3,5-6,10-11H2,1-2H3,(H2,19,20);. The Hall–Kier alpha value is -2.43. The normalized spacial score (nSPS) is 19.6. The Morgan fingerprint density at radius 3 is 2.80 bits per heavy atom. The fraction of sp³-hybridized carbons (Fsp3) is 0.474. The Kier molecular flexibility index (Phi) is 6.92. The summed E-state index contributed by atoms with van der Waals surface area (Å²) in [5, 5.41) is 0.923. The molecule has 1 aromatic heterocycles. The van der Waals surface area contributed by atoms with Crippen LogP contribution >= 0.6 is 0 Å². The van der Waals surface area contributed by atoms with E-state index in [9.17, 15) is 0 Å². The number of nitrogens with two attached hydrogens (primary N) is 1. The highest BCUT2D eigenvalue weighted by Gasteiger charge is 2.22. The minimum absolute atomic E-state index is 0.250. The van der Waals surface area contributed by atoms with Crippen molar-refractivity contribution in [3.8, 4) is 5.75 Å². The van der Waals surface area contributed by atoms with E-state index < -0.39 is 0 Å². The molecule has 1 aliphatic rings. The molecule has 1 fully saturated rings. The van der Waals surface area contributed by atoms with Crippen molar-refractivity contribution in [2.75, 3.05) is 19.5 Å². The SMILES string of the molecule is COC1CCCC(COc2cccc3nc(C)cc(N)c23)C1.O=C=O. The number of rotatable bonds is 4. The Morgan fingerprint density at radius 2 is 2.08 bits per heavy atom. The quantitative estimate of drug-likeness (QED) is 0.916. The molecule has 1 heterocycles. The lowest BCUT2D eigenvalue weighted by Crippen LogP contribution is -2.25. The highest BCUT2D eigenvalue weighted by atomic mass is 16.5. The molecule has 2 aromatic rings. The third-order valence-electron chi connectivity index (χ3n) is 4.50. The molecule has 0 bridgehead atoms. The number of aryl methyl sites for hydroxylation is 1. The van der Waals surface area contributed by atoms with Gasteiger partial charge in [0.1, 0.15) is 5.75 Å². The molecular formula is C19H24N2O4.